The van der Waals surface area contributed by atoms with E-state index in [9.17, 15) is 13.2 Å². The van der Waals surface area contributed by atoms with Crippen molar-refractivity contribution in [2.45, 2.75) is 16.3 Å². The number of methoxy groups -OCH3 is 2. The highest BCUT2D eigenvalue weighted by molar-refractivity contribution is 7.91. The van der Waals surface area contributed by atoms with E-state index in [4.69, 9.17) is 9.47 Å². The summed E-state index contributed by atoms with van der Waals surface area (Å²) in [6.07, 6.45) is 3.10. The van der Waals surface area contributed by atoms with E-state index in [2.05, 4.69) is 10.1 Å². The third kappa shape index (κ3) is 3.99. The fourth-order valence-electron chi connectivity index (χ4n) is 3.15. The number of nitrogens with zero attached hydrogens (tertiary/aromatic N) is 3. The lowest BCUT2D eigenvalue weighted by Gasteiger charge is -2.09. The van der Waals surface area contributed by atoms with Crippen LogP contribution in [0.5, 0.6) is 11.6 Å². The van der Waals surface area contributed by atoms with Gasteiger partial charge in [0.2, 0.25) is 15.7 Å². The molecular weight excluding hydrogens is 418 g/mol. The summed E-state index contributed by atoms with van der Waals surface area (Å²) in [5.74, 6) is 0.923. The van der Waals surface area contributed by atoms with E-state index < -0.39 is 9.84 Å². The SMILES string of the molecule is COc1cccc(S(=O)(=O)c2ccc3c(=O)n(Cc4ccc(OC)nc4)ncc3c2)c1. The molecule has 0 bridgehead atoms. The molecule has 0 amide bonds. The predicted molar refractivity (Wildman–Crippen MR) is 114 cm³/mol. The van der Waals surface area contributed by atoms with Crippen molar-refractivity contribution in [2.24, 2.45) is 0 Å². The van der Waals surface area contributed by atoms with Crippen LogP contribution in [-0.4, -0.2) is 37.4 Å². The maximum Gasteiger partial charge on any atom is 0.274 e. The summed E-state index contributed by atoms with van der Waals surface area (Å²) in [5, 5.41) is 5.02. The van der Waals surface area contributed by atoms with Gasteiger partial charge in [0, 0.05) is 17.6 Å². The van der Waals surface area contributed by atoms with Gasteiger partial charge in [0.1, 0.15) is 5.75 Å². The molecule has 0 aliphatic carbocycles. The Morgan fingerprint density at radius 3 is 2.45 bits per heavy atom. The number of sulfone groups is 1. The van der Waals surface area contributed by atoms with Gasteiger partial charge in [-0.25, -0.2) is 18.1 Å². The average Bonchev–Trinajstić information content (AvgIpc) is 2.81. The molecule has 0 radical (unpaired) electrons. The van der Waals surface area contributed by atoms with Crippen LogP contribution in [0.25, 0.3) is 10.8 Å². The van der Waals surface area contributed by atoms with Gasteiger partial charge < -0.3 is 9.47 Å². The molecule has 0 N–H and O–H groups in total. The van der Waals surface area contributed by atoms with Crippen molar-refractivity contribution in [2.75, 3.05) is 14.2 Å². The molecule has 31 heavy (non-hydrogen) atoms. The lowest BCUT2D eigenvalue weighted by Crippen LogP contribution is -2.23. The van der Waals surface area contributed by atoms with Crippen molar-refractivity contribution in [3.63, 3.8) is 0 Å². The second-order valence-electron chi connectivity index (χ2n) is 6.75. The molecule has 0 unspecified atom stereocenters. The van der Waals surface area contributed by atoms with E-state index in [-0.39, 0.29) is 21.9 Å². The zero-order valence-corrected chi connectivity index (χ0v) is 17.7. The second-order valence-corrected chi connectivity index (χ2v) is 8.70. The van der Waals surface area contributed by atoms with E-state index in [1.807, 2.05) is 0 Å². The molecule has 0 aliphatic heterocycles. The Kier molecular flexibility index (Phi) is 5.43. The van der Waals surface area contributed by atoms with Gasteiger partial charge in [-0.05, 0) is 42.0 Å². The lowest BCUT2D eigenvalue weighted by atomic mass is 10.2. The minimum atomic E-state index is -3.78. The highest BCUT2D eigenvalue weighted by Gasteiger charge is 2.19. The van der Waals surface area contributed by atoms with Crippen LogP contribution in [0, 0.1) is 0 Å². The molecule has 4 rings (SSSR count). The number of fused-ring (bicyclic) bond motifs is 1. The Hall–Kier alpha value is -3.72. The Bertz CT molecular complexity index is 1410. The maximum absolute atomic E-state index is 13.0. The lowest BCUT2D eigenvalue weighted by molar-refractivity contribution is 0.397. The Labute approximate surface area is 178 Å². The third-order valence-corrected chi connectivity index (χ3v) is 6.57. The standard InChI is InChI=1S/C22H19N3O5S/c1-29-17-4-3-5-18(11-17)31(27,28)19-7-8-20-16(10-19)13-24-25(22(20)26)14-15-6-9-21(30-2)23-12-15/h3-13H,14H2,1-2H3. The Balaban J connectivity index is 1.70. The van der Waals surface area contributed by atoms with E-state index >= 15 is 0 Å². The molecular formula is C22H19N3O5S. The first-order valence-electron chi connectivity index (χ1n) is 9.30. The Morgan fingerprint density at radius 1 is 0.935 bits per heavy atom. The van der Waals surface area contributed by atoms with Crippen molar-refractivity contribution in [3.05, 3.63) is 82.9 Å². The highest BCUT2D eigenvalue weighted by atomic mass is 32.2. The van der Waals surface area contributed by atoms with Crippen LogP contribution in [0.4, 0.5) is 0 Å². The van der Waals surface area contributed by atoms with E-state index in [1.165, 1.54) is 55.4 Å². The molecule has 2 aromatic heterocycles. The number of hydrogen-bond acceptors (Lipinski definition) is 7. The van der Waals surface area contributed by atoms with Gasteiger partial charge in [-0.2, -0.15) is 5.10 Å². The van der Waals surface area contributed by atoms with Gasteiger partial charge in [-0.3, -0.25) is 4.79 Å². The smallest absolute Gasteiger partial charge is 0.274 e. The van der Waals surface area contributed by atoms with E-state index in [0.717, 1.165) is 5.56 Å². The van der Waals surface area contributed by atoms with Gasteiger partial charge in [0.15, 0.2) is 0 Å². The Morgan fingerprint density at radius 2 is 1.74 bits per heavy atom. The van der Waals surface area contributed by atoms with Crippen molar-refractivity contribution in [1.82, 2.24) is 14.8 Å². The van der Waals surface area contributed by atoms with Crippen LogP contribution in [0.2, 0.25) is 0 Å². The molecule has 4 aromatic rings. The number of hydrogen-bond donors (Lipinski definition) is 0. The average molecular weight is 437 g/mol. The fraction of sp³-hybridized carbons (Fsp3) is 0.136. The number of pyridine rings is 1. The first-order valence-corrected chi connectivity index (χ1v) is 10.8. The summed E-state index contributed by atoms with van der Waals surface area (Å²) in [7, 11) is -0.777. The number of ether oxygens (including phenoxy) is 2. The maximum atomic E-state index is 13.0. The van der Waals surface area contributed by atoms with Crippen LogP contribution >= 0.6 is 0 Å². The molecule has 0 aliphatic rings. The van der Waals surface area contributed by atoms with Gasteiger partial charge in [-0.15, -0.1) is 0 Å². The topological polar surface area (TPSA) is 100 Å². The first kappa shape index (κ1) is 20.5. The molecule has 0 fully saturated rings. The summed E-state index contributed by atoms with van der Waals surface area (Å²) in [6, 6.07) is 14.1. The number of rotatable bonds is 6. The van der Waals surface area contributed by atoms with Crippen LogP contribution in [0.1, 0.15) is 5.56 Å². The van der Waals surface area contributed by atoms with E-state index in [1.54, 1.807) is 30.5 Å². The first-order chi connectivity index (χ1) is 14.9. The molecule has 0 saturated carbocycles. The summed E-state index contributed by atoms with van der Waals surface area (Å²) < 4.78 is 37.5. The summed E-state index contributed by atoms with van der Waals surface area (Å²) in [5.41, 5.74) is 0.464. The molecule has 9 heteroatoms. The van der Waals surface area contributed by atoms with Crippen molar-refractivity contribution in [1.29, 1.82) is 0 Å². The van der Waals surface area contributed by atoms with Crippen LogP contribution in [0.3, 0.4) is 0 Å². The van der Waals surface area contributed by atoms with Gasteiger partial charge >= 0.3 is 0 Å². The molecule has 8 nitrogen and oxygen atoms in total. The number of benzene rings is 2. The van der Waals surface area contributed by atoms with Crippen LogP contribution in [0.15, 0.2) is 81.6 Å². The van der Waals surface area contributed by atoms with Gasteiger partial charge in [-0.1, -0.05) is 12.1 Å². The molecule has 0 saturated heterocycles. The highest BCUT2D eigenvalue weighted by Crippen LogP contribution is 2.26. The third-order valence-electron chi connectivity index (χ3n) is 4.82. The minimum Gasteiger partial charge on any atom is -0.497 e. The summed E-state index contributed by atoms with van der Waals surface area (Å²) >= 11 is 0. The monoisotopic (exact) mass is 437 g/mol. The zero-order chi connectivity index (χ0) is 22.0. The fourth-order valence-corrected chi connectivity index (χ4v) is 4.48. The summed E-state index contributed by atoms with van der Waals surface area (Å²) in [6.45, 7) is 0.232. The minimum absolute atomic E-state index is 0.0755. The quantitative estimate of drug-likeness (QED) is 0.457. The number of aromatic nitrogens is 3. The van der Waals surface area contributed by atoms with Crippen molar-refractivity contribution in [3.8, 4) is 11.6 Å². The van der Waals surface area contributed by atoms with Crippen molar-refractivity contribution < 1.29 is 17.9 Å². The van der Waals surface area contributed by atoms with Crippen LogP contribution < -0.4 is 15.0 Å². The molecule has 2 heterocycles. The molecule has 0 atom stereocenters. The van der Waals surface area contributed by atoms with Crippen molar-refractivity contribution >= 4 is 20.6 Å². The normalized spacial score (nSPS) is 11.4. The van der Waals surface area contributed by atoms with Gasteiger partial charge in [0.05, 0.1) is 42.1 Å². The summed E-state index contributed by atoms with van der Waals surface area (Å²) in [4.78, 5) is 17.2. The molecule has 2 aromatic carbocycles. The van der Waals surface area contributed by atoms with Gasteiger partial charge in [0.25, 0.3) is 5.56 Å². The van der Waals surface area contributed by atoms with Crippen LogP contribution in [-0.2, 0) is 16.4 Å². The largest absolute Gasteiger partial charge is 0.497 e. The molecule has 0 spiro atoms. The predicted octanol–water partition coefficient (Wildman–Crippen LogP) is 2.69. The zero-order valence-electron chi connectivity index (χ0n) is 16.8. The van der Waals surface area contributed by atoms with E-state index in [0.29, 0.717) is 22.4 Å². The second kappa shape index (κ2) is 8.19. The molecule has 158 valence electrons.